The number of nitrogens with one attached hydrogen (secondary N) is 1. The number of carbonyl (C=O) groups excluding carboxylic acids is 1. The van der Waals surface area contributed by atoms with E-state index in [0.29, 0.717) is 18.7 Å². The van der Waals surface area contributed by atoms with Crippen molar-refractivity contribution in [1.29, 1.82) is 0 Å². The van der Waals surface area contributed by atoms with Gasteiger partial charge in [0.15, 0.2) is 11.6 Å². The number of carbonyl (C=O) groups is 1. The smallest absolute Gasteiger partial charge is 0.254 e. The third kappa shape index (κ3) is 2.57. The van der Waals surface area contributed by atoms with Crippen LogP contribution in [0.1, 0.15) is 29.1 Å². The lowest BCUT2D eigenvalue weighted by Crippen LogP contribution is -2.40. The second-order valence-electron chi connectivity index (χ2n) is 6.69. The molecule has 1 N–H and O–H groups in total. The average Bonchev–Trinajstić information content (AvgIpc) is 3.34. The molecule has 4 aromatic rings. The van der Waals surface area contributed by atoms with Crippen LogP contribution in [0.3, 0.4) is 0 Å². The minimum atomic E-state index is -0.0213. The van der Waals surface area contributed by atoms with Gasteiger partial charge in [0.05, 0.1) is 29.9 Å². The van der Waals surface area contributed by atoms with Gasteiger partial charge in [0.2, 0.25) is 0 Å². The van der Waals surface area contributed by atoms with E-state index in [2.05, 4.69) is 36.6 Å². The van der Waals surface area contributed by atoms with Crippen LogP contribution in [-0.2, 0) is 6.54 Å². The van der Waals surface area contributed by atoms with Crippen molar-refractivity contribution in [2.24, 2.45) is 0 Å². The summed E-state index contributed by atoms with van der Waals surface area (Å²) in [6.45, 7) is 3.07. The minimum absolute atomic E-state index is 0.0213. The van der Waals surface area contributed by atoms with Crippen molar-refractivity contribution in [3.63, 3.8) is 0 Å². The van der Waals surface area contributed by atoms with E-state index in [1.54, 1.807) is 12.5 Å². The lowest BCUT2D eigenvalue weighted by atomic mass is 10.1. The van der Waals surface area contributed by atoms with Crippen LogP contribution in [0, 0.1) is 0 Å². The first-order valence-corrected chi connectivity index (χ1v) is 8.78. The van der Waals surface area contributed by atoms with Gasteiger partial charge in [-0.3, -0.25) is 9.78 Å². The maximum atomic E-state index is 13.0. The normalized spacial score (nSPS) is 16.5. The van der Waals surface area contributed by atoms with Crippen molar-refractivity contribution in [2.75, 3.05) is 6.54 Å². The van der Waals surface area contributed by atoms with Gasteiger partial charge in [-0.05, 0) is 37.3 Å². The largest absolute Gasteiger partial charge is 0.345 e. The predicted octanol–water partition coefficient (Wildman–Crippen LogP) is 2.43. The number of nitrogens with zero attached hydrogens (tertiary/aromatic N) is 6. The van der Waals surface area contributed by atoms with Crippen LogP contribution in [0.2, 0.25) is 0 Å². The number of aromatic nitrogens is 6. The van der Waals surface area contributed by atoms with Crippen molar-refractivity contribution in [3.8, 4) is 11.5 Å². The highest BCUT2D eigenvalue weighted by Crippen LogP contribution is 2.27. The van der Waals surface area contributed by atoms with Crippen LogP contribution in [0.25, 0.3) is 22.6 Å². The molecule has 4 heterocycles. The minimum Gasteiger partial charge on any atom is -0.345 e. The number of fused-ring (bicyclic) bond motifs is 2. The summed E-state index contributed by atoms with van der Waals surface area (Å²) in [5.41, 5.74) is 3.12. The fraction of sp³-hybridized carbons (Fsp3) is 0.211. The van der Waals surface area contributed by atoms with Crippen LogP contribution in [0.5, 0.6) is 0 Å². The van der Waals surface area contributed by atoms with E-state index in [-0.39, 0.29) is 11.9 Å². The van der Waals surface area contributed by atoms with Crippen molar-refractivity contribution in [1.82, 2.24) is 34.6 Å². The third-order valence-electron chi connectivity index (χ3n) is 4.87. The number of H-pyrrole nitrogens is 1. The molecular formula is C19H17N7O. The molecule has 8 heteroatoms. The number of amides is 1. The molecule has 5 rings (SSSR count). The highest BCUT2D eigenvalue weighted by Gasteiger charge is 2.30. The van der Waals surface area contributed by atoms with Gasteiger partial charge in [0.1, 0.15) is 5.69 Å². The van der Waals surface area contributed by atoms with Crippen molar-refractivity contribution < 1.29 is 4.79 Å². The number of rotatable bonds is 2. The summed E-state index contributed by atoms with van der Waals surface area (Å²) in [5, 5.41) is 8.63. The molecular weight excluding hydrogens is 342 g/mol. The zero-order valence-electron chi connectivity index (χ0n) is 14.7. The first kappa shape index (κ1) is 15.7. The SMILES string of the molecule is C[C@H]1CN(C(=O)c2ccc3nc[nH]c3c2)Cc2nnc(-c3ccccn3)n21. The Labute approximate surface area is 154 Å². The van der Waals surface area contributed by atoms with E-state index in [1.807, 2.05) is 41.3 Å². The second kappa shape index (κ2) is 6.01. The van der Waals surface area contributed by atoms with Gasteiger partial charge in [-0.1, -0.05) is 6.07 Å². The maximum absolute atomic E-state index is 13.0. The van der Waals surface area contributed by atoms with Gasteiger partial charge in [0, 0.05) is 18.3 Å². The molecule has 1 atom stereocenters. The zero-order chi connectivity index (χ0) is 18.4. The maximum Gasteiger partial charge on any atom is 0.254 e. The fourth-order valence-corrected chi connectivity index (χ4v) is 3.61. The van der Waals surface area contributed by atoms with Crippen molar-refractivity contribution in [2.45, 2.75) is 19.5 Å². The predicted molar refractivity (Wildman–Crippen MR) is 98.8 cm³/mol. The number of aromatic amines is 1. The van der Waals surface area contributed by atoms with Crippen LogP contribution in [0.4, 0.5) is 0 Å². The molecule has 0 radical (unpaired) electrons. The molecule has 134 valence electrons. The van der Waals surface area contributed by atoms with Gasteiger partial charge in [-0.15, -0.1) is 10.2 Å². The van der Waals surface area contributed by atoms with Crippen LogP contribution in [0.15, 0.2) is 48.9 Å². The van der Waals surface area contributed by atoms with Gasteiger partial charge in [0.25, 0.3) is 5.91 Å². The fourth-order valence-electron chi connectivity index (χ4n) is 3.61. The number of hydrogen-bond acceptors (Lipinski definition) is 5. The topological polar surface area (TPSA) is 92.6 Å². The zero-order valence-corrected chi connectivity index (χ0v) is 14.7. The summed E-state index contributed by atoms with van der Waals surface area (Å²) in [7, 11) is 0. The summed E-state index contributed by atoms with van der Waals surface area (Å²) < 4.78 is 2.07. The van der Waals surface area contributed by atoms with E-state index < -0.39 is 0 Å². The lowest BCUT2D eigenvalue weighted by molar-refractivity contribution is 0.0682. The Morgan fingerprint density at radius 1 is 1.19 bits per heavy atom. The standard InChI is InChI=1S/C19H17N7O/c1-12-9-25(19(27)13-5-6-14-16(8-13)22-11-21-14)10-17-23-24-18(26(12)17)15-4-2-3-7-20-15/h2-8,11-12H,9-10H2,1H3,(H,21,22)/t12-/m0/s1. The molecule has 27 heavy (non-hydrogen) atoms. The Hall–Kier alpha value is -3.55. The molecule has 1 aromatic carbocycles. The molecule has 1 aliphatic rings. The first-order chi connectivity index (χ1) is 13.2. The molecule has 1 amide bonds. The molecule has 0 bridgehead atoms. The molecule has 0 saturated carbocycles. The monoisotopic (exact) mass is 359 g/mol. The third-order valence-corrected chi connectivity index (χ3v) is 4.87. The number of hydrogen-bond donors (Lipinski definition) is 1. The molecule has 0 spiro atoms. The lowest BCUT2D eigenvalue weighted by Gasteiger charge is -2.32. The first-order valence-electron chi connectivity index (χ1n) is 8.78. The quantitative estimate of drug-likeness (QED) is 0.593. The van der Waals surface area contributed by atoms with Crippen molar-refractivity contribution >= 4 is 16.9 Å². The molecule has 0 aliphatic carbocycles. The molecule has 0 fully saturated rings. The van der Waals surface area contributed by atoms with Crippen LogP contribution < -0.4 is 0 Å². The summed E-state index contributed by atoms with van der Waals surface area (Å²) in [5.74, 6) is 1.49. The molecule has 0 saturated heterocycles. The van der Waals surface area contributed by atoms with E-state index in [4.69, 9.17) is 0 Å². The number of imidazole rings is 1. The summed E-state index contributed by atoms with van der Waals surface area (Å²) in [6, 6.07) is 11.3. The molecule has 8 nitrogen and oxygen atoms in total. The number of benzene rings is 1. The van der Waals surface area contributed by atoms with E-state index in [1.165, 1.54) is 0 Å². The van der Waals surface area contributed by atoms with Crippen LogP contribution in [-0.4, -0.2) is 47.1 Å². The van der Waals surface area contributed by atoms with Gasteiger partial charge in [-0.25, -0.2) is 4.98 Å². The highest BCUT2D eigenvalue weighted by molar-refractivity contribution is 5.97. The molecule has 3 aromatic heterocycles. The highest BCUT2D eigenvalue weighted by atomic mass is 16.2. The summed E-state index contributed by atoms with van der Waals surface area (Å²) >= 11 is 0. The Morgan fingerprint density at radius 2 is 2.11 bits per heavy atom. The Kier molecular flexibility index (Phi) is 3.49. The Morgan fingerprint density at radius 3 is 2.96 bits per heavy atom. The Bertz CT molecular complexity index is 1130. The van der Waals surface area contributed by atoms with E-state index in [9.17, 15) is 4.79 Å². The summed E-state index contributed by atoms with van der Waals surface area (Å²) in [4.78, 5) is 26.5. The second-order valence-corrected chi connectivity index (χ2v) is 6.69. The van der Waals surface area contributed by atoms with Gasteiger partial charge >= 0.3 is 0 Å². The van der Waals surface area contributed by atoms with Crippen LogP contribution >= 0.6 is 0 Å². The Balaban J connectivity index is 1.46. The molecule has 0 unspecified atom stereocenters. The van der Waals surface area contributed by atoms with E-state index in [0.717, 1.165) is 28.4 Å². The van der Waals surface area contributed by atoms with Gasteiger partial charge < -0.3 is 14.5 Å². The average molecular weight is 359 g/mol. The molecule has 1 aliphatic heterocycles. The number of pyridine rings is 1. The van der Waals surface area contributed by atoms with Gasteiger partial charge in [-0.2, -0.15) is 0 Å². The summed E-state index contributed by atoms with van der Waals surface area (Å²) in [6.07, 6.45) is 3.37. The van der Waals surface area contributed by atoms with E-state index >= 15 is 0 Å². The van der Waals surface area contributed by atoms with Crippen molar-refractivity contribution in [3.05, 3.63) is 60.3 Å².